The predicted molar refractivity (Wildman–Crippen MR) is 67.8 cm³/mol. The van der Waals surface area contributed by atoms with E-state index in [0.717, 1.165) is 0 Å². The van der Waals surface area contributed by atoms with E-state index in [9.17, 15) is 4.79 Å². The second kappa shape index (κ2) is 6.58. The van der Waals surface area contributed by atoms with Crippen molar-refractivity contribution in [3.8, 4) is 17.9 Å². The van der Waals surface area contributed by atoms with Gasteiger partial charge in [-0.15, -0.1) is 0 Å². The first-order chi connectivity index (χ1) is 9.06. The van der Waals surface area contributed by atoms with Crippen molar-refractivity contribution >= 4 is 12.2 Å². The summed E-state index contributed by atoms with van der Waals surface area (Å²) in [7, 11) is 0. The van der Waals surface area contributed by atoms with Gasteiger partial charge < -0.3 is 10.5 Å². The molecule has 6 nitrogen and oxygen atoms in total. The zero-order chi connectivity index (χ0) is 14.3. The highest BCUT2D eigenvalue weighted by molar-refractivity contribution is 5.82. The topological polar surface area (TPSA) is 112 Å². The van der Waals surface area contributed by atoms with Gasteiger partial charge in [-0.1, -0.05) is 12.1 Å². The molecule has 94 valence electrons. The molecule has 0 aliphatic carbocycles. The van der Waals surface area contributed by atoms with Gasteiger partial charge in [0.25, 0.3) is 0 Å². The molecule has 1 aromatic carbocycles. The molecule has 0 bridgehead atoms. The lowest BCUT2D eigenvalue weighted by atomic mass is 10.2. The van der Waals surface area contributed by atoms with E-state index in [-0.39, 0.29) is 11.4 Å². The van der Waals surface area contributed by atoms with Gasteiger partial charge in [0.1, 0.15) is 23.6 Å². The molecule has 2 N–H and O–H groups in total. The van der Waals surface area contributed by atoms with Gasteiger partial charge in [-0.25, -0.2) is 4.99 Å². The molecule has 0 atom stereocenters. The summed E-state index contributed by atoms with van der Waals surface area (Å²) in [6.07, 6.45) is 1.36. The molecule has 1 rings (SSSR count). The first-order valence-electron chi connectivity index (χ1n) is 5.19. The maximum atomic E-state index is 10.8. The molecule has 0 fully saturated rings. The van der Waals surface area contributed by atoms with Crippen LogP contribution in [0, 0.1) is 22.7 Å². The summed E-state index contributed by atoms with van der Waals surface area (Å²) < 4.78 is 4.90. The van der Waals surface area contributed by atoms with E-state index in [1.54, 1.807) is 36.4 Å². The second-order valence-corrected chi connectivity index (χ2v) is 3.41. The Hall–Kier alpha value is -3.12. The van der Waals surface area contributed by atoms with Crippen LogP contribution in [0.15, 0.2) is 40.7 Å². The smallest absolute Gasteiger partial charge is 0.308 e. The number of hydrogen-bond donors (Lipinski definition) is 1. The third-order valence-corrected chi connectivity index (χ3v) is 1.94. The van der Waals surface area contributed by atoms with Crippen molar-refractivity contribution < 1.29 is 9.53 Å². The fourth-order valence-corrected chi connectivity index (χ4v) is 1.17. The number of esters is 1. The Morgan fingerprint density at radius 1 is 1.42 bits per heavy atom. The van der Waals surface area contributed by atoms with Crippen molar-refractivity contribution in [2.45, 2.75) is 6.92 Å². The lowest BCUT2D eigenvalue weighted by molar-refractivity contribution is -0.131. The van der Waals surface area contributed by atoms with Crippen LogP contribution in [0.5, 0.6) is 5.75 Å². The number of benzene rings is 1. The number of aliphatic imine (C=N–C) groups is 1. The molecule has 0 aliphatic rings. The molecule has 0 radical (unpaired) electrons. The number of rotatable bonds is 3. The first-order valence-corrected chi connectivity index (χ1v) is 5.19. The number of hydrogen-bond acceptors (Lipinski definition) is 6. The largest absolute Gasteiger partial charge is 0.427 e. The minimum atomic E-state index is -0.430. The molecule has 0 aromatic heterocycles. The normalized spacial score (nSPS) is 11.3. The van der Waals surface area contributed by atoms with E-state index in [2.05, 4.69) is 4.99 Å². The Kier molecular flexibility index (Phi) is 4.83. The van der Waals surface area contributed by atoms with Crippen molar-refractivity contribution in [2.24, 2.45) is 10.7 Å². The summed E-state index contributed by atoms with van der Waals surface area (Å²) in [6.45, 7) is 1.30. The summed E-state index contributed by atoms with van der Waals surface area (Å²) in [5.74, 6) is -0.0624. The quantitative estimate of drug-likeness (QED) is 0.377. The Balaban J connectivity index is 2.98. The van der Waals surface area contributed by atoms with Gasteiger partial charge in [0.05, 0.1) is 0 Å². The van der Waals surface area contributed by atoms with E-state index in [1.165, 1.54) is 13.1 Å². The number of nitriles is 2. The summed E-state index contributed by atoms with van der Waals surface area (Å²) in [5.41, 5.74) is 5.49. The molecule has 19 heavy (non-hydrogen) atoms. The van der Waals surface area contributed by atoms with Crippen LogP contribution in [0.4, 0.5) is 0 Å². The number of carbonyl (C=O) groups is 1. The van der Waals surface area contributed by atoms with Crippen LogP contribution in [0.25, 0.3) is 0 Å². The standard InChI is InChI=1S/C13H10N4O2/c1-9(18)19-11-4-2-3-10(5-11)8-17-13(7-15)12(16)6-14/h2-5,8H,16H2,1H3. The van der Waals surface area contributed by atoms with Crippen molar-refractivity contribution in [1.82, 2.24) is 0 Å². The van der Waals surface area contributed by atoms with Gasteiger partial charge in [0, 0.05) is 13.1 Å². The fraction of sp³-hybridized carbons (Fsp3) is 0.0769. The molecular weight excluding hydrogens is 244 g/mol. The van der Waals surface area contributed by atoms with Crippen LogP contribution >= 0.6 is 0 Å². The zero-order valence-corrected chi connectivity index (χ0v) is 10.1. The first kappa shape index (κ1) is 13.9. The van der Waals surface area contributed by atoms with Crippen LogP contribution in [0.3, 0.4) is 0 Å². The third-order valence-electron chi connectivity index (χ3n) is 1.94. The average molecular weight is 254 g/mol. The van der Waals surface area contributed by atoms with E-state index in [1.807, 2.05) is 0 Å². The zero-order valence-electron chi connectivity index (χ0n) is 10.1. The lowest BCUT2D eigenvalue weighted by Crippen LogP contribution is -2.01. The minimum Gasteiger partial charge on any atom is -0.427 e. The number of nitrogens with zero attached hydrogens (tertiary/aromatic N) is 3. The second-order valence-electron chi connectivity index (χ2n) is 3.41. The average Bonchev–Trinajstić information content (AvgIpc) is 2.38. The summed E-state index contributed by atoms with van der Waals surface area (Å²) in [4.78, 5) is 14.6. The Labute approximate surface area is 110 Å². The molecule has 0 spiro atoms. The predicted octanol–water partition coefficient (Wildman–Crippen LogP) is 1.25. The van der Waals surface area contributed by atoms with Crippen LogP contribution < -0.4 is 10.5 Å². The van der Waals surface area contributed by atoms with Crippen molar-refractivity contribution in [3.63, 3.8) is 0 Å². The molecule has 0 saturated heterocycles. The van der Waals surface area contributed by atoms with Gasteiger partial charge in [-0.05, 0) is 17.7 Å². The van der Waals surface area contributed by atoms with E-state index in [4.69, 9.17) is 21.0 Å². The fourth-order valence-electron chi connectivity index (χ4n) is 1.17. The minimum absolute atomic E-state index is 0.166. The van der Waals surface area contributed by atoms with E-state index < -0.39 is 5.97 Å². The maximum absolute atomic E-state index is 10.8. The Bertz CT molecular complexity index is 633. The van der Waals surface area contributed by atoms with Gasteiger partial charge in [-0.3, -0.25) is 4.79 Å². The number of nitrogens with two attached hydrogens (primary N) is 1. The molecule has 0 heterocycles. The Morgan fingerprint density at radius 2 is 2.16 bits per heavy atom. The monoisotopic (exact) mass is 254 g/mol. The molecule has 0 aliphatic heterocycles. The van der Waals surface area contributed by atoms with Crippen LogP contribution in [-0.2, 0) is 4.79 Å². The molecule has 0 unspecified atom stereocenters. The van der Waals surface area contributed by atoms with Gasteiger partial charge >= 0.3 is 5.97 Å². The van der Waals surface area contributed by atoms with E-state index >= 15 is 0 Å². The maximum Gasteiger partial charge on any atom is 0.308 e. The SMILES string of the molecule is CC(=O)Oc1cccc(C=NC(C#N)=C(N)C#N)c1. The van der Waals surface area contributed by atoms with Crippen LogP contribution in [-0.4, -0.2) is 12.2 Å². The molecule has 6 heteroatoms. The summed E-state index contributed by atoms with van der Waals surface area (Å²) in [5, 5.41) is 17.3. The number of allylic oxidation sites excluding steroid dienone is 2. The number of ether oxygens (including phenoxy) is 1. The molecule has 0 saturated carbocycles. The van der Waals surface area contributed by atoms with Crippen LogP contribution in [0.2, 0.25) is 0 Å². The Morgan fingerprint density at radius 3 is 2.74 bits per heavy atom. The van der Waals surface area contributed by atoms with Crippen molar-refractivity contribution in [3.05, 3.63) is 41.2 Å². The van der Waals surface area contributed by atoms with Crippen molar-refractivity contribution in [2.75, 3.05) is 0 Å². The van der Waals surface area contributed by atoms with Gasteiger partial charge in [-0.2, -0.15) is 10.5 Å². The highest BCUT2D eigenvalue weighted by Gasteiger charge is 2.00. The third kappa shape index (κ3) is 4.33. The highest BCUT2D eigenvalue weighted by atomic mass is 16.5. The summed E-state index contributed by atoms with van der Waals surface area (Å²) in [6, 6.07) is 9.92. The van der Waals surface area contributed by atoms with Gasteiger partial charge in [0.2, 0.25) is 0 Å². The number of carbonyl (C=O) groups excluding carboxylic acids is 1. The van der Waals surface area contributed by atoms with E-state index in [0.29, 0.717) is 11.3 Å². The van der Waals surface area contributed by atoms with Crippen molar-refractivity contribution in [1.29, 1.82) is 10.5 Å². The highest BCUT2D eigenvalue weighted by Crippen LogP contribution is 2.12. The molecule has 1 aromatic rings. The lowest BCUT2D eigenvalue weighted by Gasteiger charge is -2.01. The summed E-state index contributed by atoms with van der Waals surface area (Å²) >= 11 is 0. The van der Waals surface area contributed by atoms with Crippen LogP contribution in [0.1, 0.15) is 12.5 Å². The van der Waals surface area contributed by atoms with Gasteiger partial charge in [0.15, 0.2) is 5.70 Å². The molecular formula is C13H10N4O2. The molecule has 0 amide bonds.